The number of morpholine rings is 1. The molecular formula is C20H25N3O2. The van der Waals surface area contributed by atoms with Crippen molar-refractivity contribution in [1.82, 2.24) is 4.98 Å². The van der Waals surface area contributed by atoms with Gasteiger partial charge in [0.25, 0.3) is 0 Å². The Morgan fingerprint density at radius 1 is 1.20 bits per heavy atom. The Balaban J connectivity index is 1.66. The summed E-state index contributed by atoms with van der Waals surface area (Å²) in [6.07, 6.45) is 3.52. The zero-order chi connectivity index (χ0) is 17.5. The smallest absolute Gasteiger partial charge is 0.231 e. The van der Waals surface area contributed by atoms with E-state index in [4.69, 9.17) is 4.74 Å². The first kappa shape index (κ1) is 17.4. The Morgan fingerprint density at radius 2 is 1.96 bits per heavy atom. The van der Waals surface area contributed by atoms with E-state index in [2.05, 4.69) is 22.1 Å². The molecule has 2 aromatic rings. The second-order valence-electron chi connectivity index (χ2n) is 6.25. The van der Waals surface area contributed by atoms with Gasteiger partial charge in [-0.1, -0.05) is 43.7 Å². The molecule has 25 heavy (non-hydrogen) atoms. The fourth-order valence-corrected chi connectivity index (χ4v) is 3.09. The molecule has 5 heteroatoms. The molecule has 5 nitrogen and oxygen atoms in total. The largest absolute Gasteiger partial charge is 0.378 e. The molecular weight excluding hydrogens is 314 g/mol. The average molecular weight is 339 g/mol. The molecule has 1 N–H and O–H groups in total. The van der Waals surface area contributed by atoms with Crippen LogP contribution < -0.4 is 10.2 Å². The number of carbonyl (C=O) groups is 1. The number of aromatic nitrogens is 1. The van der Waals surface area contributed by atoms with Gasteiger partial charge in [-0.15, -0.1) is 0 Å². The molecule has 0 aliphatic carbocycles. The van der Waals surface area contributed by atoms with Crippen molar-refractivity contribution in [3.8, 4) is 0 Å². The van der Waals surface area contributed by atoms with Crippen molar-refractivity contribution in [2.24, 2.45) is 0 Å². The monoisotopic (exact) mass is 339 g/mol. The van der Waals surface area contributed by atoms with Crippen molar-refractivity contribution in [2.75, 3.05) is 36.5 Å². The molecule has 0 saturated carbocycles. The third kappa shape index (κ3) is 4.57. The molecule has 1 fully saturated rings. The van der Waals surface area contributed by atoms with Crippen LogP contribution in [0.1, 0.15) is 31.2 Å². The standard InChI is InChI=1S/C20H25N3O2/c1-2-6-18(16-7-4-3-5-8-16)20(24)22-17-9-10-19(21-15-17)23-11-13-25-14-12-23/h3-5,7-10,15,18H,2,6,11-14H2,1H3,(H,22,24). The first-order valence-corrected chi connectivity index (χ1v) is 8.92. The van der Waals surface area contributed by atoms with Crippen LogP contribution in [0.2, 0.25) is 0 Å². The summed E-state index contributed by atoms with van der Waals surface area (Å²) < 4.78 is 5.36. The van der Waals surface area contributed by atoms with Crippen molar-refractivity contribution in [3.05, 3.63) is 54.2 Å². The molecule has 1 amide bonds. The number of nitrogens with zero attached hydrogens (tertiary/aromatic N) is 2. The average Bonchev–Trinajstić information content (AvgIpc) is 2.68. The van der Waals surface area contributed by atoms with Crippen molar-refractivity contribution >= 4 is 17.4 Å². The highest BCUT2D eigenvalue weighted by Crippen LogP contribution is 2.23. The highest BCUT2D eigenvalue weighted by molar-refractivity contribution is 5.95. The Labute approximate surface area is 149 Å². The summed E-state index contributed by atoms with van der Waals surface area (Å²) >= 11 is 0. The lowest BCUT2D eigenvalue weighted by Gasteiger charge is -2.27. The summed E-state index contributed by atoms with van der Waals surface area (Å²) in [4.78, 5) is 19.4. The molecule has 1 saturated heterocycles. The van der Waals surface area contributed by atoms with Gasteiger partial charge in [-0.05, 0) is 24.1 Å². The van der Waals surface area contributed by atoms with Gasteiger partial charge in [0.15, 0.2) is 0 Å². The van der Waals surface area contributed by atoms with Crippen LogP contribution in [0, 0.1) is 0 Å². The van der Waals surface area contributed by atoms with Crippen LogP contribution >= 0.6 is 0 Å². The molecule has 2 heterocycles. The lowest BCUT2D eigenvalue weighted by Crippen LogP contribution is -2.36. The Hall–Kier alpha value is -2.40. The molecule has 1 aromatic carbocycles. The molecule has 1 atom stereocenters. The number of benzene rings is 1. The van der Waals surface area contributed by atoms with Crippen LogP contribution in [0.25, 0.3) is 0 Å². The van der Waals surface area contributed by atoms with E-state index in [1.54, 1.807) is 6.20 Å². The quantitative estimate of drug-likeness (QED) is 0.876. The summed E-state index contributed by atoms with van der Waals surface area (Å²) in [6.45, 7) is 5.27. The Bertz CT molecular complexity index is 667. The maximum atomic E-state index is 12.7. The predicted octanol–water partition coefficient (Wildman–Crippen LogP) is 3.44. The first-order valence-electron chi connectivity index (χ1n) is 8.92. The van der Waals surface area contributed by atoms with Gasteiger partial charge >= 0.3 is 0 Å². The topological polar surface area (TPSA) is 54.5 Å². The molecule has 1 unspecified atom stereocenters. The highest BCUT2D eigenvalue weighted by atomic mass is 16.5. The highest BCUT2D eigenvalue weighted by Gasteiger charge is 2.20. The van der Waals surface area contributed by atoms with Gasteiger partial charge in [-0.2, -0.15) is 0 Å². The van der Waals surface area contributed by atoms with Crippen molar-refractivity contribution < 1.29 is 9.53 Å². The maximum Gasteiger partial charge on any atom is 0.231 e. The fourth-order valence-electron chi connectivity index (χ4n) is 3.09. The van der Waals surface area contributed by atoms with Crippen LogP contribution in [0.5, 0.6) is 0 Å². The van der Waals surface area contributed by atoms with Crippen LogP contribution in [0.15, 0.2) is 48.7 Å². The van der Waals surface area contributed by atoms with Crippen LogP contribution in [0.3, 0.4) is 0 Å². The number of pyridine rings is 1. The number of hydrogen-bond acceptors (Lipinski definition) is 4. The van der Waals surface area contributed by atoms with E-state index in [1.807, 2.05) is 42.5 Å². The van der Waals surface area contributed by atoms with Crippen molar-refractivity contribution in [2.45, 2.75) is 25.7 Å². The summed E-state index contributed by atoms with van der Waals surface area (Å²) in [5.41, 5.74) is 1.79. The Kier molecular flexibility index (Phi) is 6.01. The second-order valence-corrected chi connectivity index (χ2v) is 6.25. The van der Waals surface area contributed by atoms with Crippen molar-refractivity contribution in [3.63, 3.8) is 0 Å². The van der Waals surface area contributed by atoms with Gasteiger partial charge in [-0.25, -0.2) is 4.98 Å². The SMILES string of the molecule is CCCC(C(=O)Nc1ccc(N2CCOCC2)nc1)c1ccccc1. The first-order chi connectivity index (χ1) is 12.3. The van der Waals surface area contributed by atoms with Gasteiger partial charge in [0, 0.05) is 13.1 Å². The number of anilines is 2. The number of nitrogens with one attached hydrogen (secondary N) is 1. The maximum absolute atomic E-state index is 12.7. The number of amides is 1. The van der Waals surface area contributed by atoms with E-state index in [9.17, 15) is 4.79 Å². The number of ether oxygens (including phenoxy) is 1. The molecule has 1 aromatic heterocycles. The van der Waals surface area contributed by atoms with Crippen LogP contribution in [0.4, 0.5) is 11.5 Å². The molecule has 0 bridgehead atoms. The summed E-state index contributed by atoms with van der Waals surface area (Å²) in [7, 11) is 0. The third-order valence-corrected chi connectivity index (χ3v) is 4.45. The second kappa shape index (κ2) is 8.62. The third-order valence-electron chi connectivity index (χ3n) is 4.45. The normalized spacial score (nSPS) is 15.6. The zero-order valence-electron chi connectivity index (χ0n) is 14.6. The molecule has 0 radical (unpaired) electrons. The minimum absolute atomic E-state index is 0.0222. The van der Waals surface area contributed by atoms with Gasteiger partial charge < -0.3 is 15.0 Å². The van der Waals surface area contributed by atoms with E-state index in [0.29, 0.717) is 0 Å². The number of hydrogen-bond donors (Lipinski definition) is 1. The molecule has 3 rings (SSSR count). The van der Waals surface area contributed by atoms with E-state index in [0.717, 1.165) is 56.2 Å². The minimum atomic E-state index is -0.134. The van der Waals surface area contributed by atoms with E-state index in [-0.39, 0.29) is 11.8 Å². The lowest BCUT2D eigenvalue weighted by molar-refractivity contribution is -0.117. The van der Waals surface area contributed by atoms with Gasteiger partial charge in [0.1, 0.15) is 5.82 Å². The van der Waals surface area contributed by atoms with Crippen molar-refractivity contribution in [1.29, 1.82) is 0 Å². The fraction of sp³-hybridized carbons (Fsp3) is 0.400. The van der Waals surface area contributed by atoms with E-state index in [1.165, 1.54) is 0 Å². The summed E-state index contributed by atoms with van der Waals surface area (Å²) in [5.74, 6) is 0.813. The predicted molar refractivity (Wildman–Crippen MR) is 100.0 cm³/mol. The molecule has 132 valence electrons. The van der Waals surface area contributed by atoms with Gasteiger partial charge in [0.2, 0.25) is 5.91 Å². The van der Waals surface area contributed by atoms with E-state index < -0.39 is 0 Å². The number of carbonyl (C=O) groups excluding carboxylic acids is 1. The van der Waals surface area contributed by atoms with Crippen LogP contribution in [-0.2, 0) is 9.53 Å². The van der Waals surface area contributed by atoms with Crippen LogP contribution in [-0.4, -0.2) is 37.2 Å². The molecule has 0 spiro atoms. The molecule has 1 aliphatic heterocycles. The summed E-state index contributed by atoms with van der Waals surface area (Å²) in [5, 5.41) is 3.01. The van der Waals surface area contributed by atoms with E-state index >= 15 is 0 Å². The van der Waals surface area contributed by atoms with Gasteiger partial charge in [0.05, 0.1) is 31.0 Å². The zero-order valence-corrected chi connectivity index (χ0v) is 14.6. The number of rotatable bonds is 6. The minimum Gasteiger partial charge on any atom is -0.378 e. The summed E-state index contributed by atoms with van der Waals surface area (Å²) in [6, 6.07) is 13.8. The lowest BCUT2D eigenvalue weighted by atomic mass is 9.93. The molecule has 1 aliphatic rings. The van der Waals surface area contributed by atoms with Gasteiger partial charge in [-0.3, -0.25) is 4.79 Å². The Morgan fingerprint density at radius 3 is 2.60 bits per heavy atom.